The molecule has 0 saturated heterocycles. The van der Waals surface area contributed by atoms with Crippen molar-refractivity contribution in [3.63, 3.8) is 0 Å². The van der Waals surface area contributed by atoms with Crippen LogP contribution in [0.4, 0.5) is 0 Å². The van der Waals surface area contributed by atoms with E-state index in [1.165, 1.54) is 24.0 Å². The summed E-state index contributed by atoms with van der Waals surface area (Å²) in [4.78, 5) is 2.40. The maximum Gasteiger partial charge on any atom is 0.0601 e. The monoisotopic (exact) mass is 242 g/mol. The van der Waals surface area contributed by atoms with Crippen molar-refractivity contribution >= 4 is 0 Å². The first-order chi connectivity index (χ1) is 8.83. The van der Waals surface area contributed by atoms with Crippen molar-refractivity contribution in [3.05, 3.63) is 35.4 Å². The molecular formula is C16H22N2. The Bertz CT molecular complexity index is 415. The van der Waals surface area contributed by atoms with Crippen LogP contribution in [0.2, 0.25) is 0 Å². The summed E-state index contributed by atoms with van der Waals surface area (Å²) in [6, 6.07) is 8.61. The molecule has 0 heterocycles. The van der Waals surface area contributed by atoms with E-state index < -0.39 is 0 Å². The van der Waals surface area contributed by atoms with Gasteiger partial charge in [0, 0.05) is 19.6 Å². The molecule has 0 bridgehead atoms. The minimum Gasteiger partial charge on any atom is -0.316 e. The van der Waals surface area contributed by atoms with Crippen LogP contribution in [-0.4, -0.2) is 25.0 Å². The van der Waals surface area contributed by atoms with Crippen LogP contribution in [-0.2, 0) is 13.1 Å². The topological polar surface area (TPSA) is 15.3 Å². The molecule has 1 aromatic carbocycles. The Morgan fingerprint density at radius 3 is 2.67 bits per heavy atom. The quantitative estimate of drug-likeness (QED) is 0.738. The number of rotatable bonds is 7. The zero-order chi connectivity index (χ0) is 12.8. The molecule has 1 fully saturated rings. The van der Waals surface area contributed by atoms with E-state index in [1.54, 1.807) is 0 Å². The molecule has 0 spiro atoms. The Labute approximate surface area is 110 Å². The molecule has 1 aromatic rings. The molecule has 2 rings (SSSR count). The standard InChI is InChI=1S/C16H22N2/c1-3-10-18(12-14-8-9-14)13-16-7-5-4-6-15(16)11-17-2/h1,4-7,14,17H,8-13H2,2H3. The van der Waals surface area contributed by atoms with Gasteiger partial charge in [0.2, 0.25) is 0 Å². The van der Waals surface area contributed by atoms with E-state index in [0.29, 0.717) is 0 Å². The van der Waals surface area contributed by atoms with Crippen LogP contribution in [0.1, 0.15) is 24.0 Å². The Morgan fingerprint density at radius 1 is 1.33 bits per heavy atom. The molecule has 0 amide bonds. The number of hydrogen-bond donors (Lipinski definition) is 1. The zero-order valence-electron chi connectivity index (χ0n) is 11.2. The highest BCUT2D eigenvalue weighted by molar-refractivity contribution is 5.27. The van der Waals surface area contributed by atoms with Crippen LogP contribution in [0.5, 0.6) is 0 Å². The van der Waals surface area contributed by atoms with E-state index in [1.807, 2.05) is 7.05 Å². The van der Waals surface area contributed by atoms with Crippen LogP contribution in [0.25, 0.3) is 0 Å². The zero-order valence-corrected chi connectivity index (χ0v) is 11.2. The van der Waals surface area contributed by atoms with Gasteiger partial charge in [0.15, 0.2) is 0 Å². The first-order valence-electron chi connectivity index (χ1n) is 6.70. The molecule has 96 valence electrons. The van der Waals surface area contributed by atoms with E-state index in [2.05, 4.69) is 40.4 Å². The van der Waals surface area contributed by atoms with Gasteiger partial charge < -0.3 is 5.32 Å². The summed E-state index contributed by atoms with van der Waals surface area (Å²) in [5, 5.41) is 3.22. The Balaban J connectivity index is 2.02. The molecule has 18 heavy (non-hydrogen) atoms. The lowest BCUT2D eigenvalue weighted by Gasteiger charge is -2.21. The fourth-order valence-electron chi connectivity index (χ4n) is 2.30. The normalized spacial score (nSPS) is 14.7. The van der Waals surface area contributed by atoms with Crippen molar-refractivity contribution in [3.8, 4) is 12.3 Å². The maximum atomic E-state index is 5.47. The van der Waals surface area contributed by atoms with Crippen molar-refractivity contribution in [1.82, 2.24) is 10.2 Å². The van der Waals surface area contributed by atoms with Gasteiger partial charge in [-0.05, 0) is 36.9 Å². The van der Waals surface area contributed by atoms with Gasteiger partial charge in [0.1, 0.15) is 0 Å². The Morgan fingerprint density at radius 2 is 2.06 bits per heavy atom. The third kappa shape index (κ3) is 3.87. The van der Waals surface area contributed by atoms with Crippen LogP contribution in [0.15, 0.2) is 24.3 Å². The highest BCUT2D eigenvalue weighted by atomic mass is 15.1. The lowest BCUT2D eigenvalue weighted by Crippen LogP contribution is -2.26. The van der Waals surface area contributed by atoms with Crippen LogP contribution in [0.3, 0.4) is 0 Å². The van der Waals surface area contributed by atoms with Gasteiger partial charge in [0.05, 0.1) is 6.54 Å². The fourth-order valence-corrected chi connectivity index (χ4v) is 2.30. The molecule has 1 aliphatic rings. The van der Waals surface area contributed by atoms with Gasteiger partial charge in [-0.1, -0.05) is 30.2 Å². The molecule has 0 aliphatic heterocycles. The second-order valence-corrected chi connectivity index (χ2v) is 5.12. The Hall–Kier alpha value is -1.30. The van der Waals surface area contributed by atoms with Gasteiger partial charge >= 0.3 is 0 Å². The highest BCUT2D eigenvalue weighted by Crippen LogP contribution is 2.30. The van der Waals surface area contributed by atoms with E-state index in [0.717, 1.165) is 32.1 Å². The van der Waals surface area contributed by atoms with Crippen molar-refractivity contribution in [2.45, 2.75) is 25.9 Å². The third-order valence-corrected chi connectivity index (χ3v) is 3.41. The van der Waals surface area contributed by atoms with Gasteiger partial charge in [-0.2, -0.15) is 0 Å². The molecular weight excluding hydrogens is 220 g/mol. The minimum absolute atomic E-state index is 0.754. The summed E-state index contributed by atoms with van der Waals surface area (Å²) in [5.41, 5.74) is 2.76. The molecule has 1 saturated carbocycles. The lowest BCUT2D eigenvalue weighted by atomic mass is 10.1. The van der Waals surface area contributed by atoms with Crippen molar-refractivity contribution in [2.24, 2.45) is 5.92 Å². The summed E-state index contributed by atoms with van der Waals surface area (Å²) in [6.07, 6.45) is 8.22. The Kier molecular flexibility index (Phi) is 4.81. The molecule has 2 nitrogen and oxygen atoms in total. The summed E-state index contributed by atoms with van der Waals surface area (Å²) >= 11 is 0. The van der Waals surface area contributed by atoms with E-state index in [9.17, 15) is 0 Å². The molecule has 0 atom stereocenters. The summed E-state index contributed by atoms with van der Waals surface area (Å²) in [6.45, 7) is 3.80. The number of nitrogens with zero attached hydrogens (tertiary/aromatic N) is 1. The molecule has 0 radical (unpaired) electrons. The maximum absolute atomic E-state index is 5.47. The van der Waals surface area contributed by atoms with E-state index >= 15 is 0 Å². The number of benzene rings is 1. The number of terminal acetylenes is 1. The van der Waals surface area contributed by atoms with Gasteiger partial charge in [0.25, 0.3) is 0 Å². The van der Waals surface area contributed by atoms with Gasteiger partial charge in [-0.25, -0.2) is 0 Å². The number of hydrogen-bond acceptors (Lipinski definition) is 2. The average molecular weight is 242 g/mol. The van der Waals surface area contributed by atoms with Crippen molar-refractivity contribution in [2.75, 3.05) is 20.1 Å². The second-order valence-electron chi connectivity index (χ2n) is 5.12. The molecule has 0 unspecified atom stereocenters. The highest BCUT2D eigenvalue weighted by Gasteiger charge is 2.24. The van der Waals surface area contributed by atoms with Crippen LogP contribution in [0, 0.1) is 18.3 Å². The predicted molar refractivity (Wildman–Crippen MR) is 76.0 cm³/mol. The first-order valence-corrected chi connectivity index (χ1v) is 6.70. The molecule has 1 N–H and O–H groups in total. The third-order valence-electron chi connectivity index (χ3n) is 3.41. The SMILES string of the molecule is C#CCN(Cc1ccccc1CNC)CC1CC1. The van der Waals surface area contributed by atoms with E-state index in [4.69, 9.17) is 6.42 Å². The molecule has 0 aromatic heterocycles. The first kappa shape index (κ1) is 13.1. The predicted octanol–water partition coefficient (Wildman–Crippen LogP) is 2.25. The van der Waals surface area contributed by atoms with Crippen LogP contribution < -0.4 is 5.32 Å². The molecule has 1 aliphatic carbocycles. The fraction of sp³-hybridized carbons (Fsp3) is 0.500. The summed E-state index contributed by atoms with van der Waals surface area (Å²) in [7, 11) is 1.99. The smallest absolute Gasteiger partial charge is 0.0601 e. The van der Waals surface area contributed by atoms with E-state index in [-0.39, 0.29) is 0 Å². The largest absolute Gasteiger partial charge is 0.316 e. The van der Waals surface area contributed by atoms with Gasteiger partial charge in [-0.15, -0.1) is 6.42 Å². The number of nitrogens with one attached hydrogen (secondary N) is 1. The average Bonchev–Trinajstić information content (AvgIpc) is 3.16. The summed E-state index contributed by atoms with van der Waals surface area (Å²) in [5.74, 6) is 3.67. The lowest BCUT2D eigenvalue weighted by molar-refractivity contribution is 0.285. The minimum atomic E-state index is 0.754. The van der Waals surface area contributed by atoms with Gasteiger partial charge in [-0.3, -0.25) is 4.90 Å². The van der Waals surface area contributed by atoms with Crippen molar-refractivity contribution in [1.29, 1.82) is 0 Å². The van der Waals surface area contributed by atoms with Crippen LogP contribution >= 0.6 is 0 Å². The van der Waals surface area contributed by atoms with Crippen molar-refractivity contribution < 1.29 is 0 Å². The second kappa shape index (κ2) is 6.58. The summed E-state index contributed by atoms with van der Waals surface area (Å²) < 4.78 is 0. The molecule has 2 heteroatoms.